The van der Waals surface area contributed by atoms with Gasteiger partial charge in [0.05, 0.1) is 20.1 Å². The van der Waals surface area contributed by atoms with Crippen LogP contribution in [0, 0.1) is 5.41 Å². The van der Waals surface area contributed by atoms with Crippen LogP contribution in [0.25, 0.3) is 0 Å². The minimum Gasteiger partial charge on any atom is -0.469 e. The van der Waals surface area contributed by atoms with E-state index in [1.807, 2.05) is 13.8 Å². The molecule has 0 bridgehead atoms. The van der Waals surface area contributed by atoms with Crippen LogP contribution in [-0.4, -0.2) is 94.4 Å². The fourth-order valence-corrected chi connectivity index (χ4v) is 4.79. The molecule has 2 saturated heterocycles. The van der Waals surface area contributed by atoms with Gasteiger partial charge in [-0.3, -0.25) is 23.5 Å². The molecule has 11 heteroatoms. The number of ether oxygens (including phenoxy) is 1. The summed E-state index contributed by atoms with van der Waals surface area (Å²) in [7, 11) is -0.196. The first-order chi connectivity index (χ1) is 13.1. The van der Waals surface area contributed by atoms with Crippen LogP contribution in [0.5, 0.6) is 0 Å². The van der Waals surface area contributed by atoms with Crippen LogP contribution in [0.15, 0.2) is 0 Å². The zero-order chi connectivity index (χ0) is 20.8. The minimum atomic E-state index is -3.58. The molecule has 1 amide bonds. The molecule has 0 radical (unpaired) electrons. The first kappa shape index (κ1) is 23.3. The second-order valence-corrected chi connectivity index (χ2v) is 9.70. The quantitative estimate of drug-likeness (QED) is 0.416. The Morgan fingerprint density at radius 3 is 2.54 bits per heavy atom. The lowest BCUT2D eigenvalue weighted by Crippen LogP contribution is -2.51. The maximum Gasteiger partial charge on any atom is 0.406 e. The fourth-order valence-electron chi connectivity index (χ4n) is 3.02. The molecule has 2 N–H and O–H groups in total. The lowest BCUT2D eigenvalue weighted by molar-refractivity contribution is -0.141. The third-order valence-electron chi connectivity index (χ3n) is 4.98. The van der Waals surface area contributed by atoms with Gasteiger partial charge in [-0.1, -0.05) is 13.8 Å². The first-order valence-electron chi connectivity index (χ1n) is 9.59. The molecule has 2 rings (SSSR count). The van der Waals surface area contributed by atoms with Gasteiger partial charge < -0.3 is 15.0 Å². The molecule has 2 fully saturated rings. The number of piperazine rings is 1. The lowest BCUT2D eigenvalue weighted by atomic mass is 9.87. The van der Waals surface area contributed by atoms with Crippen molar-refractivity contribution < 1.29 is 27.9 Å². The lowest BCUT2D eigenvalue weighted by Gasteiger charge is -2.40. The van der Waals surface area contributed by atoms with E-state index < -0.39 is 31.1 Å². The number of nitrogens with one attached hydrogen (secondary N) is 2. The molecule has 1 unspecified atom stereocenters. The molecular weight excluding hydrogens is 387 g/mol. The summed E-state index contributed by atoms with van der Waals surface area (Å²) in [6.07, 6.45) is -0.881. The van der Waals surface area contributed by atoms with E-state index in [0.29, 0.717) is 6.54 Å². The molecule has 28 heavy (non-hydrogen) atoms. The van der Waals surface area contributed by atoms with Gasteiger partial charge in [0.25, 0.3) is 0 Å². The molecule has 2 atom stereocenters. The maximum absolute atomic E-state index is 12.9. The van der Waals surface area contributed by atoms with Crippen molar-refractivity contribution in [2.45, 2.75) is 26.4 Å². The van der Waals surface area contributed by atoms with E-state index in [0.717, 1.165) is 32.7 Å². The Morgan fingerprint density at radius 1 is 1.21 bits per heavy atom. The summed E-state index contributed by atoms with van der Waals surface area (Å²) in [6.45, 7) is 8.98. The SMILES string of the molecule is COC(=O)CCNC(=O)[C@@H]1OP(=O)(NCCN2CCN(C)CC2)OCC1(C)C. The van der Waals surface area contributed by atoms with Gasteiger partial charge in [0.1, 0.15) is 0 Å². The standard InChI is InChI=1S/C17H33N4O6P/c1-17(2)13-26-28(24,19-7-8-21-11-9-20(3)10-12-21)27-15(17)16(23)18-6-5-14(22)25-4/h15H,5-13H2,1-4H3,(H,18,23)(H,19,24)/t15-,28?/m0/s1. The highest BCUT2D eigenvalue weighted by Crippen LogP contribution is 2.52. The summed E-state index contributed by atoms with van der Waals surface area (Å²) in [5.41, 5.74) is -0.650. The van der Waals surface area contributed by atoms with Crippen LogP contribution in [0.3, 0.4) is 0 Å². The summed E-state index contributed by atoms with van der Waals surface area (Å²) >= 11 is 0. The van der Waals surface area contributed by atoms with Crippen molar-refractivity contribution in [1.29, 1.82) is 0 Å². The molecule has 0 aliphatic carbocycles. The Bertz CT molecular complexity index is 594. The molecule has 2 aliphatic rings. The zero-order valence-corrected chi connectivity index (χ0v) is 18.1. The van der Waals surface area contributed by atoms with Crippen molar-refractivity contribution in [2.24, 2.45) is 5.41 Å². The monoisotopic (exact) mass is 420 g/mol. The summed E-state index contributed by atoms with van der Waals surface area (Å²) in [5, 5.41) is 5.51. The average Bonchev–Trinajstić information content (AvgIpc) is 2.65. The van der Waals surface area contributed by atoms with Crippen molar-refractivity contribution in [3.63, 3.8) is 0 Å². The molecule has 2 aliphatic heterocycles. The number of nitrogens with zero attached hydrogens (tertiary/aromatic N) is 2. The number of methoxy groups -OCH3 is 1. The normalized spacial score (nSPS) is 28.6. The summed E-state index contributed by atoms with van der Waals surface area (Å²) in [4.78, 5) is 28.2. The molecular formula is C17H33N4O6P. The van der Waals surface area contributed by atoms with Gasteiger partial charge in [0.2, 0.25) is 5.91 Å². The second-order valence-electron chi connectivity index (χ2n) is 7.92. The van der Waals surface area contributed by atoms with Crippen molar-refractivity contribution in [1.82, 2.24) is 20.2 Å². The zero-order valence-electron chi connectivity index (χ0n) is 17.2. The number of carbonyl (C=O) groups is 2. The van der Waals surface area contributed by atoms with Gasteiger partial charge >= 0.3 is 13.7 Å². The Hall–Kier alpha value is -1.03. The number of carbonyl (C=O) groups excluding carboxylic acids is 2. The Kier molecular flexibility index (Phi) is 8.42. The van der Waals surface area contributed by atoms with Gasteiger partial charge in [0, 0.05) is 51.2 Å². The highest BCUT2D eigenvalue weighted by Gasteiger charge is 2.47. The summed E-state index contributed by atoms with van der Waals surface area (Å²) in [6, 6.07) is 0. The number of amides is 1. The number of hydrogen-bond donors (Lipinski definition) is 2. The molecule has 162 valence electrons. The van der Waals surface area contributed by atoms with Gasteiger partial charge in [-0.15, -0.1) is 0 Å². The van der Waals surface area contributed by atoms with Crippen molar-refractivity contribution >= 4 is 19.6 Å². The van der Waals surface area contributed by atoms with Gasteiger partial charge in [-0.05, 0) is 7.05 Å². The van der Waals surface area contributed by atoms with Crippen LogP contribution in [-0.2, 0) is 27.9 Å². The fraction of sp³-hybridized carbons (Fsp3) is 0.882. The first-order valence-corrected chi connectivity index (χ1v) is 11.1. The van der Waals surface area contributed by atoms with Crippen LogP contribution in [0.1, 0.15) is 20.3 Å². The predicted molar refractivity (Wildman–Crippen MR) is 104 cm³/mol. The highest BCUT2D eigenvalue weighted by atomic mass is 31.2. The summed E-state index contributed by atoms with van der Waals surface area (Å²) in [5.74, 6) is -0.831. The van der Waals surface area contributed by atoms with E-state index in [-0.39, 0.29) is 19.6 Å². The highest BCUT2D eigenvalue weighted by molar-refractivity contribution is 7.51. The van der Waals surface area contributed by atoms with E-state index >= 15 is 0 Å². The third-order valence-corrected chi connectivity index (χ3v) is 6.55. The minimum absolute atomic E-state index is 0.0623. The Morgan fingerprint density at radius 2 is 1.89 bits per heavy atom. The van der Waals surface area contributed by atoms with Crippen molar-refractivity contribution in [2.75, 3.05) is 66.6 Å². The van der Waals surface area contributed by atoms with Crippen molar-refractivity contribution in [3.05, 3.63) is 0 Å². The number of esters is 1. The maximum atomic E-state index is 12.9. The van der Waals surface area contributed by atoms with Crippen molar-refractivity contribution in [3.8, 4) is 0 Å². The average molecular weight is 420 g/mol. The second kappa shape index (κ2) is 10.1. The molecule has 2 heterocycles. The molecule has 0 aromatic carbocycles. The van der Waals surface area contributed by atoms with E-state index in [1.54, 1.807) is 0 Å². The summed E-state index contributed by atoms with van der Waals surface area (Å²) < 4.78 is 28.5. The topological polar surface area (TPSA) is 109 Å². The number of likely N-dealkylation sites (N-methyl/N-ethyl adjacent to an activating group) is 1. The smallest absolute Gasteiger partial charge is 0.406 e. The van der Waals surface area contributed by atoms with Crippen LogP contribution in [0.4, 0.5) is 0 Å². The predicted octanol–water partition coefficient (Wildman–Crippen LogP) is 0.0524. The van der Waals surface area contributed by atoms with E-state index in [1.165, 1.54) is 7.11 Å². The van der Waals surface area contributed by atoms with E-state index in [4.69, 9.17) is 9.05 Å². The third kappa shape index (κ3) is 6.79. The van der Waals surface area contributed by atoms with Gasteiger partial charge in [-0.2, -0.15) is 0 Å². The van der Waals surface area contributed by atoms with E-state index in [2.05, 4.69) is 32.0 Å². The Labute approximate surface area is 166 Å². The largest absolute Gasteiger partial charge is 0.469 e. The molecule has 10 nitrogen and oxygen atoms in total. The number of hydrogen-bond acceptors (Lipinski definition) is 8. The molecule has 0 aromatic heterocycles. The number of rotatable bonds is 8. The molecule has 0 saturated carbocycles. The van der Waals surface area contributed by atoms with Crippen LogP contribution < -0.4 is 10.4 Å². The Balaban J connectivity index is 1.84. The molecule has 0 aromatic rings. The van der Waals surface area contributed by atoms with Crippen LogP contribution in [0.2, 0.25) is 0 Å². The van der Waals surface area contributed by atoms with Gasteiger partial charge in [0.15, 0.2) is 6.10 Å². The molecule has 0 spiro atoms. The van der Waals surface area contributed by atoms with Crippen LogP contribution >= 0.6 is 7.75 Å². The van der Waals surface area contributed by atoms with Gasteiger partial charge in [-0.25, -0.2) is 9.65 Å². The van der Waals surface area contributed by atoms with E-state index in [9.17, 15) is 14.2 Å².